The minimum atomic E-state index is -0.658. The van der Waals surface area contributed by atoms with E-state index in [0.717, 1.165) is 5.56 Å². The van der Waals surface area contributed by atoms with Crippen LogP contribution in [-0.4, -0.2) is 44.8 Å². The first kappa shape index (κ1) is 21.0. The highest BCUT2D eigenvalue weighted by Crippen LogP contribution is 2.34. The maximum Gasteiger partial charge on any atom is 0.344 e. The number of fused-ring (bicyclic) bond motifs is 1. The Kier molecular flexibility index (Phi) is 7.11. The van der Waals surface area contributed by atoms with Gasteiger partial charge in [0.05, 0.1) is 12.5 Å². The number of nitrogens with zero attached hydrogens (tertiary/aromatic N) is 2. The number of anilines is 1. The first-order chi connectivity index (χ1) is 14.6. The van der Waals surface area contributed by atoms with Crippen molar-refractivity contribution >= 4 is 17.6 Å². The average Bonchev–Trinajstić information content (AvgIpc) is 2.77. The number of amides is 1. The molecule has 0 N–H and O–H groups in total. The van der Waals surface area contributed by atoms with Crippen molar-refractivity contribution in [1.82, 2.24) is 0 Å². The number of hydrogen-bond acceptors (Lipinski definition) is 7. The summed E-state index contributed by atoms with van der Waals surface area (Å²) in [6.45, 7) is 2.14. The van der Waals surface area contributed by atoms with E-state index in [4.69, 9.17) is 24.2 Å². The largest absolute Gasteiger partial charge is 0.486 e. The number of rotatable bonds is 8. The number of hydrogen-bond donors (Lipinski definition) is 0. The molecule has 156 valence electrons. The number of carbonyl (C=O) groups is 2. The van der Waals surface area contributed by atoms with Gasteiger partial charge in [0.15, 0.2) is 24.7 Å². The van der Waals surface area contributed by atoms with Crippen molar-refractivity contribution in [1.29, 1.82) is 5.26 Å². The van der Waals surface area contributed by atoms with E-state index in [1.807, 2.05) is 25.1 Å². The Balaban J connectivity index is 1.59. The maximum atomic E-state index is 12.7. The van der Waals surface area contributed by atoms with E-state index in [-0.39, 0.29) is 19.6 Å². The lowest BCUT2D eigenvalue weighted by Gasteiger charge is -2.24. The third-order valence-electron chi connectivity index (χ3n) is 4.38. The van der Waals surface area contributed by atoms with Gasteiger partial charge in [0.1, 0.15) is 19.0 Å². The molecule has 0 bridgehead atoms. The standard InChI is InChI=1S/C22H22N2O6/c1-16-5-2-3-6-18(16)29-15-22(26)30-14-21(25)24(10-4-9-23)17-7-8-19-20(13-17)28-12-11-27-19/h2-3,5-8,13H,4,10-12,14-15H2,1H3. The molecule has 30 heavy (non-hydrogen) atoms. The first-order valence-electron chi connectivity index (χ1n) is 9.49. The summed E-state index contributed by atoms with van der Waals surface area (Å²) in [6.07, 6.45) is 0.129. The van der Waals surface area contributed by atoms with Gasteiger partial charge in [0, 0.05) is 18.3 Å². The zero-order valence-electron chi connectivity index (χ0n) is 16.6. The summed E-state index contributed by atoms with van der Waals surface area (Å²) in [5, 5.41) is 8.92. The number of aryl methyl sites for hydroxylation is 1. The Labute approximate surface area is 174 Å². The Morgan fingerprint density at radius 1 is 1.10 bits per heavy atom. The number of nitriles is 1. The van der Waals surface area contributed by atoms with E-state index in [9.17, 15) is 9.59 Å². The van der Waals surface area contributed by atoms with Gasteiger partial charge in [-0.1, -0.05) is 18.2 Å². The third kappa shape index (κ3) is 5.41. The topological polar surface area (TPSA) is 98.1 Å². The van der Waals surface area contributed by atoms with Crippen LogP contribution in [0.1, 0.15) is 12.0 Å². The smallest absolute Gasteiger partial charge is 0.344 e. The van der Waals surface area contributed by atoms with Crippen LogP contribution in [0.2, 0.25) is 0 Å². The van der Waals surface area contributed by atoms with Crippen molar-refractivity contribution < 1.29 is 28.5 Å². The molecular formula is C22H22N2O6. The molecule has 1 aliphatic rings. The molecule has 0 unspecified atom stereocenters. The Morgan fingerprint density at radius 3 is 2.63 bits per heavy atom. The van der Waals surface area contributed by atoms with Gasteiger partial charge < -0.3 is 23.8 Å². The van der Waals surface area contributed by atoms with Crippen LogP contribution in [-0.2, 0) is 14.3 Å². The van der Waals surface area contributed by atoms with Crippen LogP contribution in [0.4, 0.5) is 5.69 Å². The second-order valence-corrected chi connectivity index (χ2v) is 6.50. The molecule has 0 saturated heterocycles. The molecule has 1 heterocycles. The van der Waals surface area contributed by atoms with E-state index in [0.29, 0.717) is 36.1 Å². The van der Waals surface area contributed by atoms with E-state index in [2.05, 4.69) is 0 Å². The number of esters is 1. The van der Waals surface area contributed by atoms with Crippen LogP contribution in [0.3, 0.4) is 0 Å². The summed E-state index contributed by atoms with van der Waals surface area (Å²) in [7, 11) is 0. The van der Waals surface area contributed by atoms with Crippen molar-refractivity contribution in [2.45, 2.75) is 13.3 Å². The molecule has 0 radical (unpaired) electrons. The van der Waals surface area contributed by atoms with Crippen LogP contribution < -0.4 is 19.1 Å². The second-order valence-electron chi connectivity index (χ2n) is 6.50. The van der Waals surface area contributed by atoms with Gasteiger partial charge in [-0.2, -0.15) is 5.26 Å². The van der Waals surface area contributed by atoms with Crippen LogP contribution in [0.15, 0.2) is 42.5 Å². The number of carbonyl (C=O) groups excluding carboxylic acids is 2. The summed E-state index contributed by atoms with van der Waals surface area (Å²) in [5.41, 5.74) is 1.43. The molecule has 0 aliphatic carbocycles. The summed E-state index contributed by atoms with van der Waals surface area (Å²) in [4.78, 5) is 26.1. The van der Waals surface area contributed by atoms with Crippen LogP contribution in [0.25, 0.3) is 0 Å². The van der Waals surface area contributed by atoms with Crippen molar-refractivity contribution in [3.8, 4) is 23.3 Å². The first-order valence-corrected chi connectivity index (χ1v) is 9.49. The predicted octanol–water partition coefficient (Wildman–Crippen LogP) is 2.64. The van der Waals surface area contributed by atoms with Crippen LogP contribution >= 0.6 is 0 Å². The van der Waals surface area contributed by atoms with Crippen molar-refractivity contribution in [3.05, 3.63) is 48.0 Å². The number of para-hydroxylation sites is 1. The van der Waals surface area contributed by atoms with Crippen LogP contribution in [0, 0.1) is 18.3 Å². The lowest BCUT2D eigenvalue weighted by atomic mass is 10.2. The molecule has 8 heteroatoms. The molecule has 0 spiro atoms. The highest BCUT2D eigenvalue weighted by Gasteiger charge is 2.21. The van der Waals surface area contributed by atoms with Gasteiger partial charge in [-0.05, 0) is 30.7 Å². The number of benzene rings is 2. The Hall–Kier alpha value is -3.73. The molecule has 0 saturated carbocycles. The Morgan fingerprint density at radius 2 is 1.87 bits per heavy atom. The minimum Gasteiger partial charge on any atom is -0.486 e. The zero-order valence-corrected chi connectivity index (χ0v) is 16.6. The Bertz CT molecular complexity index is 953. The molecule has 3 rings (SSSR count). The van der Waals surface area contributed by atoms with Gasteiger partial charge in [0.25, 0.3) is 5.91 Å². The molecular weight excluding hydrogens is 388 g/mol. The molecule has 1 aliphatic heterocycles. The van der Waals surface area contributed by atoms with Gasteiger partial charge in [0.2, 0.25) is 0 Å². The molecule has 2 aromatic carbocycles. The zero-order chi connectivity index (χ0) is 21.3. The van der Waals surface area contributed by atoms with Crippen molar-refractivity contribution in [3.63, 3.8) is 0 Å². The van der Waals surface area contributed by atoms with E-state index in [1.165, 1.54) is 4.90 Å². The monoisotopic (exact) mass is 410 g/mol. The number of ether oxygens (including phenoxy) is 4. The SMILES string of the molecule is Cc1ccccc1OCC(=O)OCC(=O)N(CCC#N)c1ccc2c(c1)OCCO2. The molecule has 1 amide bonds. The van der Waals surface area contributed by atoms with E-state index < -0.39 is 18.5 Å². The maximum absolute atomic E-state index is 12.7. The normalized spacial score (nSPS) is 11.9. The fraction of sp³-hybridized carbons (Fsp3) is 0.318. The lowest BCUT2D eigenvalue weighted by Crippen LogP contribution is -2.36. The lowest BCUT2D eigenvalue weighted by molar-refractivity contribution is -0.149. The molecule has 0 fully saturated rings. The molecule has 0 aromatic heterocycles. The van der Waals surface area contributed by atoms with Gasteiger partial charge in [-0.3, -0.25) is 4.79 Å². The van der Waals surface area contributed by atoms with Gasteiger partial charge in [-0.15, -0.1) is 0 Å². The summed E-state index contributed by atoms with van der Waals surface area (Å²) in [5.74, 6) is 0.586. The van der Waals surface area contributed by atoms with E-state index in [1.54, 1.807) is 30.3 Å². The summed E-state index contributed by atoms with van der Waals surface area (Å²) in [6, 6.07) is 14.4. The third-order valence-corrected chi connectivity index (χ3v) is 4.38. The molecule has 0 atom stereocenters. The van der Waals surface area contributed by atoms with Gasteiger partial charge in [-0.25, -0.2) is 4.79 Å². The predicted molar refractivity (Wildman–Crippen MR) is 108 cm³/mol. The van der Waals surface area contributed by atoms with Crippen molar-refractivity contribution in [2.24, 2.45) is 0 Å². The quantitative estimate of drug-likeness (QED) is 0.617. The van der Waals surface area contributed by atoms with Crippen LogP contribution in [0.5, 0.6) is 17.2 Å². The van der Waals surface area contributed by atoms with Crippen molar-refractivity contribution in [2.75, 3.05) is 37.9 Å². The molecule has 2 aromatic rings. The molecule has 8 nitrogen and oxygen atoms in total. The fourth-order valence-electron chi connectivity index (χ4n) is 2.88. The summed E-state index contributed by atoms with van der Waals surface area (Å²) >= 11 is 0. The average molecular weight is 410 g/mol. The highest BCUT2D eigenvalue weighted by atomic mass is 16.6. The summed E-state index contributed by atoms with van der Waals surface area (Å²) < 4.78 is 21.5. The highest BCUT2D eigenvalue weighted by molar-refractivity contribution is 5.95. The minimum absolute atomic E-state index is 0.129. The van der Waals surface area contributed by atoms with Gasteiger partial charge >= 0.3 is 5.97 Å². The van der Waals surface area contributed by atoms with E-state index >= 15 is 0 Å². The second kappa shape index (κ2) is 10.2. The fourth-order valence-corrected chi connectivity index (χ4v) is 2.88.